The highest BCUT2D eigenvalue weighted by Crippen LogP contribution is 2.09. The molecule has 21 heavy (non-hydrogen) atoms. The van der Waals surface area contributed by atoms with Crippen molar-refractivity contribution in [3.8, 4) is 0 Å². The molecule has 1 rings (SSSR count). The highest BCUT2D eigenvalue weighted by atomic mass is 19.1. The topological polar surface area (TPSA) is 78.4 Å². The predicted molar refractivity (Wildman–Crippen MR) is 77.5 cm³/mol. The van der Waals surface area contributed by atoms with Crippen LogP contribution >= 0.6 is 0 Å². The van der Waals surface area contributed by atoms with Crippen LogP contribution in [0.4, 0.5) is 9.18 Å². The van der Waals surface area contributed by atoms with Crippen molar-refractivity contribution in [1.82, 2.24) is 10.6 Å². The zero-order valence-electron chi connectivity index (χ0n) is 12.2. The molecule has 0 bridgehead atoms. The summed E-state index contributed by atoms with van der Waals surface area (Å²) in [6, 6.07) is 5.93. The van der Waals surface area contributed by atoms with Crippen molar-refractivity contribution in [2.45, 2.75) is 20.3 Å². The van der Waals surface area contributed by atoms with E-state index < -0.39 is 17.9 Å². The number of aliphatic carboxylic acids is 1. The monoisotopic (exact) mass is 296 g/mol. The van der Waals surface area contributed by atoms with Gasteiger partial charge in [-0.1, -0.05) is 32.0 Å². The van der Waals surface area contributed by atoms with Gasteiger partial charge in [0.15, 0.2) is 0 Å². The Balaban J connectivity index is 2.31. The Hall–Kier alpha value is -2.11. The molecule has 116 valence electrons. The van der Waals surface area contributed by atoms with Gasteiger partial charge in [0, 0.05) is 13.1 Å². The fourth-order valence-electron chi connectivity index (χ4n) is 1.89. The van der Waals surface area contributed by atoms with Crippen molar-refractivity contribution in [3.63, 3.8) is 0 Å². The molecule has 0 saturated carbocycles. The molecule has 1 unspecified atom stereocenters. The molecule has 2 amide bonds. The molecular formula is C15H21FN2O3. The maximum absolute atomic E-state index is 13.4. The summed E-state index contributed by atoms with van der Waals surface area (Å²) in [5, 5.41) is 14.1. The lowest BCUT2D eigenvalue weighted by Crippen LogP contribution is -2.41. The van der Waals surface area contributed by atoms with E-state index in [2.05, 4.69) is 10.6 Å². The van der Waals surface area contributed by atoms with E-state index >= 15 is 0 Å². The number of carbonyl (C=O) groups excluding carboxylic acids is 1. The van der Waals surface area contributed by atoms with E-state index in [0.717, 1.165) is 0 Å². The summed E-state index contributed by atoms with van der Waals surface area (Å²) in [5.41, 5.74) is 0.531. The van der Waals surface area contributed by atoms with E-state index in [1.165, 1.54) is 6.07 Å². The highest BCUT2D eigenvalue weighted by Gasteiger charge is 2.21. The van der Waals surface area contributed by atoms with Gasteiger partial charge in [-0.15, -0.1) is 0 Å². The summed E-state index contributed by atoms with van der Waals surface area (Å²) in [5.74, 6) is -1.93. The number of urea groups is 1. The van der Waals surface area contributed by atoms with Gasteiger partial charge in [0.2, 0.25) is 0 Å². The first-order valence-corrected chi connectivity index (χ1v) is 6.89. The first-order valence-electron chi connectivity index (χ1n) is 6.89. The molecule has 0 fully saturated rings. The molecular weight excluding hydrogens is 275 g/mol. The van der Waals surface area contributed by atoms with Gasteiger partial charge < -0.3 is 15.7 Å². The Bertz CT molecular complexity index is 492. The van der Waals surface area contributed by atoms with Crippen molar-refractivity contribution in [2.75, 3.05) is 13.1 Å². The number of carboxylic acids is 1. The second kappa shape index (κ2) is 8.24. The molecule has 0 aromatic heterocycles. The van der Waals surface area contributed by atoms with Crippen LogP contribution in [0, 0.1) is 17.7 Å². The van der Waals surface area contributed by atoms with E-state index in [0.29, 0.717) is 12.0 Å². The minimum Gasteiger partial charge on any atom is -0.481 e. The summed E-state index contributed by atoms with van der Waals surface area (Å²) in [4.78, 5) is 22.5. The molecule has 1 aromatic carbocycles. The normalized spacial score (nSPS) is 12.0. The molecule has 0 aliphatic heterocycles. The fourth-order valence-corrected chi connectivity index (χ4v) is 1.89. The SMILES string of the molecule is CC(C)C(CNC(=O)NCCc1ccccc1F)C(=O)O. The molecule has 1 atom stereocenters. The quantitative estimate of drug-likeness (QED) is 0.720. The number of amides is 2. The molecule has 0 radical (unpaired) electrons. The summed E-state index contributed by atoms with van der Waals surface area (Å²) in [6.07, 6.45) is 0.382. The lowest BCUT2D eigenvalue weighted by Gasteiger charge is -2.17. The zero-order chi connectivity index (χ0) is 15.8. The fraction of sp³-hybridized carbons (Fsp3) is 0.467. The molecule has 3 N–H and O–H groups in total. The van der Waals surface area contributed by atoms with Gasteiger partial charge in [0.05, 0.1) is 5.92 Å². The summed E-state index contributed by atoms with van der Waals surface area (Å²) in [6.45, 7) is 3.93. The van der Waals surface area contributed by atoms with Gasteiger partial charge in [-0.05, 0) is 24.0 Å². The number of halogens is 1. The standard InChI is InChI=1S/C15H21FN2O3/c1-10(2)12(14(19)20)9-18-15(21)17-8-7-11-5-3-4-6-13(11)16/h3-6,10,12H,7-9H2,1-2H3,(H,19,20)(H2,17,18,21). The number of benzene rings is 1. The second-order valence-electron chi connectivity index (χ2n) is 5.17. The third-order valence-corrected chi connectivity index (χ3v) is 3.24. The smallest absolute Gasteiger partial charge is 0.314 e. The molecule has 1 aromatic rings. The van der Waals surface area contributed by atoms with E-state index in [9.17, 15) is 14.0 Å². The lowest BCUT2D eigenvalue weighted by molar-refractivity contribution is -0.142. The van der Waals surface area contributed by atoms with Gasteiger partial charge >= 0.3 is 12.0 Å². The molecule has 0 heterocycles. The van der Waals surface area contributed by atoms with Gasteiger partial charge in [-0.25, -0.2) is 9.18 Å². The maximum atomic E-state index is 13.4. The Morgan fingerprint density at radius 1 is 1.24 bits per heavy atom. The van der Waals surface area contributed by atoms with Crippen molar-refractivity contribution in [3.05, 3.63) is 35.6 Å². The van der Waals surface area contributed by atoms with Gasteiger partial charge in [0.25, 0.3) is 0 Å². The van der Waals surface area contributed by atoms with Crippen LogP contribution in [-0.2, 0) is 11.2 Å². The number of nitrogens with one attached hydrogen (secondary N) is 2. The summed E-state index contributed by atoms with van der Waals surface area (Å²) < 4.78 is 13.4. The van der Waals surface area contributed by atoms with Gasteiger partial charge in [0.1, 0.15) is 5.82 Å². The molecule has 6 heteroatoms. The van der Waals surface area contributed by atoms with Crippen LogP contribution in [0.25, 0.3) is 0 Å². The van der Waals surface area contributed by atoms with E-state index in [1.807, 2.05) is 0 Å². The molecule has 5 nitrogen and oxygen atoms in total. The highest BCUT2D eigenvalue weighted by molar-refractivity contribution is 5.75. The Labute approximate surface area is 123 Å². The zero-order valence-corrected chi connectivity index (χ0v) is 12.2. The lowest BCUT2D eigenvalue weighted by atomic mass is 9.96. The second-order valence-corrected chi connectivity index (χ2v) is 5.17. The predicted octanol–water partition coefficient (Wildman–Crippen LogP) is 2.02. The summed E-state index contributed by atoms with van der Waals surface area (Å²) >= 11 is 0. The molecule has 0 aliphatic carbocycles. The third kappa shape index (κ3) is 5.81. The van der Waals surface area contributed by atoms with E-state index in [-0.39, 0.29) is 24.8 Å². The van der Waals surface area contributed by atoms with Crippen molar-refractivity contribution >= 4 is 12.0 Å². The minimum absolute atomic E-state index is 0.0680. The third-order valence-electron chi connectivity index (χ3n) is 3.24. The number of carbonyl (C=O) groups is 2. The average Bonchev–Trinajstić information content (AvgIpc) is 2.40. The molecule has 0 aliphatic rings. The number of hydrogen-bond donors (Lipinski definition) is 3. The summed E-state index contributed by atoms with van der Waals surface area (Å²) in [7, 11) is 0. The molecule has 0 spiro atoms. The van der Waals surface area contributed by atoms with E-state index in [4.69, 9.17) is 5.11 Å². The number of carboxylic acid groups (broad SMARTS) is 1. The first kappa shape index (κ1) is 16.9. The van der Waals surface area contributed by atoms with Crippen LogP contribution in [0.2, 0.25) is 0 Å². The van der Waals surface area contributed by atoms with Crippen LogP contribution in [-0.4, -0.2) is 30.2 Å². The van der Waals surface area contributed by atoms with E-state index in [1.54, 1.807) is 32.0 Å². The minimum atomic E-state index is -0.934. The first-order chi connectivity index (χ1) is 9.91. The largest absolute Gasteiger partial charge is 0.481 e. The Morgan fingerprint density at radius 3 is 2.48 bits per heavy atom. The Kier molecular flexibility index (Phi) is 6.65. The number of rotatable bonds is 7. The van der Waals surface area contributed by atoms with Crippen LogP contribution in [0.5, 0.6) is 0 Å². The van der Waals surface area contributed by atoms with Gasteiger partial charge in [-0.3, -0.25) is 4.79 Å². The average molecular weight is 296 g/mol. The van der Waals surface area contributed by atoms with Crippen molar-refractivity contribution in [1.29, 1.82) is 0 Å². The van der Waals surface area contributed by atoms with Crippen LogP contribution < -0.4 is 10.6 Å². The van der Waals surface area contributed by atoms with Crippen LogP contribution in [0.1, 0.15) is 19.4 Å². The Morgan fingerprint density at radius 2 is 1.90 bits per heavy atom. The van der Waals surface area contributed by atoms with Crippen LogP contribution in [0.3, 0.4) is 0 Å². The maximum Gasteiger partial charge on any atom is 0.314 e. The molecule has 0 saturated heterocycles. The van der Waals surface area contributed by atoms with Crippen molar-refractivity contribution < 1.29 is 19.1 Å². The number of hydrogen-bond acceptors (Lipinski definition) is 2. The van der Waals surface area contributed by atoms with Crippen LogP contribution in [0.15, 0.2) is 24.3 Å². The van der Waals surface area contributed by atoms with Crippen molar-refractivity contribution in [2.24, 2.45) is 11.8 Å². The van der Waals surface area contributed by atoms with Gasteiger partial charge in [-0.2, -0.15) is 0 Å².